The number of unbranched alkanes of at least 4 members (excludes halogenated alkanes) is 1. The second-order valence-corrected chi connectivity index (χ2v) is 3.42. The summed E-state index contributed by atoms with van der Waals surface area (Å²) in [5.41, 5.74) is 0. The van der Waals surface area contributed by atoms with Crippen LogP contribution in [-0.2, 0) is 9.53 Å². The van der Waals surface area contributed by atoms with Crippen molar-refractivity contribution >= 4 is 5.91 Å². The van der Waals surface area contributed by atoms with E-state index in [4.69, 9.17) is 11.2 Å². The fourth-order valence-electron chi connectivity index (χ4n) is 1.15. The zero-order valence-corrected chi connectivity index (χ0v) is 9.01. The van der Waals surface area contributed by atoms with Crippen molar-refractivity contribution in [1.29, 1.82) is 0 Å². The number of nitrogens with one attached hydrogen (secondary N) is 1. The molecular formula is C11H19NO2. The number of ether oxygens (including phenoxy) is 1. The van der Waals surface area contributed by atoms with Gasteiger partial charge in [-0.15, -0.1) is 12.3 Å². The van der Waals surface area contributed by atoms with E-state index in [1.165, 1.54) is 0 Å². The summed E-state index contributed by atoms with van der Waals surface area (Å²) < 4.78 is 4.94. The van der Waals surface area contributed by atoms with Crippen LogP contribution in [0.25, 0.3) is 0 Å². The molecule has 3 nitrogen and oxygen atoms in total. The smallest absolute Gasteiger partial charge is 0.220 e. The fraction of sp³-hybridized carbons (Fsp3) is 0.727. The number of terminal acetylenes is 1. The lowest BCUT2D eigenvalue weighted by atomic mass is 10.1. The maximum atomic E-state index is 11.3. The van der Waals surface area contributed by atoms with Gasteiger partial charge in [-0.3, -0.25) is 4.79 Å². The summed E-state index contributed by atoms with van der Waals surface area (Å²) in [6.45, 7) is 3.28. The molecule has 1 N–H and O–H groups in total. The van der Waals surface area contributed by atoms with Crippen molar-refractivity contribution in [1.82, 2.24) is 5.32 Å². The molecule has 0 spiro atoms. The number of carbonyl (C=O) groups excluding carboxylic acids is 1. The molecule has 0 bridgehead atoms. The molecule has 0 aliphatic carbocycles. The van der Waals surface area contributed by atoms with Crippen LogP contribution in [0.4, 0.5) is 0 Å². The molecule has 14 heavy (non-hydrogen) atoms. The van der Waals surface area contributed by atoms with Crippen LogP contribution < -0.4 is 5.32 Å². The second kappa shape index (κ2) is 8.58. The van der Waals surface area contributed by atoms with Gasteiger partial charge in [-0.1, -0.05) is 6.92 Å². The van der Waals surface area contributed by atoms with Crippen LogP contribution in [-0.4, -0.2) is 26.2 Å². The molecule has 80 valence electrons. The van der Waals surface area contributed by atoms with Gasteiger partial charge in [-0.2, -0.15) is 0 Å². The van der Waals surface area contributed by atoms with Gasteiger partial charge in [0.1, 0.15) is 0 Å². The van der Waals surface area contributed by atoms with Gasteiger partial charge in [0.05, 0.1) is 0 Å². The van der Waals surface area contributed by atoms with E-state index in [1.54, 1.807) is 7.11 Å². The summed E-state index contributed by atoms with van der Waals surface area (Å²) in [7, 11) is 1.64. The van der Waals surface area contributed by atoms with Crippen LogP contribution >= 0.6 is 0 Å². The van der Waals surface area contributed by atoms with E-state index in [2.05, 4.69) is 11.2 Å². The van der Waals surface area contributed by atoms with Crippen molar-refractivity contribution in [3.8, 4) is 12.3 Å². The molecule has 0 aliphatic rings. The normalized spacial score (nSPS) is 11.8. The molecule has 0 aromatic carbocycles. The molecule has 1 atom stereocenters. The largest absolute Gasteiger partial charge is 0.384 e. The van der Waals surface area contributed by atoms with Gasteiger partial charge < -0.3 is 10.1 Å². The third-order valence-electron chi connectivity index (χ3n) is 1.81. The molecular weight excluding hydrogens is 178 g/mol. The number of amides is 1. The minimum atomic E-state index is 0.0755. The maximum absolute atomic E-state index is 11.3. The summed E-state index contributed by atoms with van der Waals surface area (Å²) in [5.74, 6) is 2.88. The van der Waals surface area contributed by atoms with Gasteiger partial charge in [-0.25, -0.2) is 0 Å². The first-order valence-corrected chi connectivity index (χ1v) is 4.89. The van der Waals surface area contributed by atoms with Crippen molar-refractivity contribution in [2.75, 3.05) is 20.3 Å². The third-order valence-corrected chi connectivity index (χ3v) is 1.81. The van der Waals surface area contributed by atoms with Gasteiger partial charge in [-0.05, 0) is 12.3 Å². The summed E-state index contributed by atoms with van der Waals surface area (Å²) in [5, 5.41) is 2.82. The predicted octanol–water partition coefficient (Wildman–Crippen LogP) is 1.19. The first-order chi connectivity index (χ1) is 6.70. The van der Waals surface area contributed by atoms with Crippen molar-refractivity contribution < 1.29 is 9.53 Å². The number of rotatable bonds is 7. The average molecular weight is 197 g/mol. The molecule has 0 aromatic heterocycles. The van der Waals surface area contributed by atoms with E-state index in [1.807, 2.05) is 6.92 Å². The zero-order valence-electron chi connectivity index (χ0n) is 9.01. The second-order valence-electron chi connectivity index (χ2n) is 3.42. The summed E-state index contributed by atoms with van der Waals surface area (Å²) in [4.78, 5) is 11.3. The SMILES string of the molecule is C#CCCCNC(=O)CC(C)COC. The number of hydrogen-bond acceptors (Lipinski definition) is 2. The van der Waals surface area contributed by atoms with Gasteiger partial charge in [0.25, 0.3) is 0 Å². The zero-order chi connectivity index (χ0) is 10.8. The Kier molecular flexibility index (Phi) is 7.96. The predicted molar refractivity (Wildman–Crippen MR) is 56.7 cm³/mol. The first kappa shape index (κ1) is 13.0. The molecule has 0 heterocycles. The van der Waals surface area contributed by atoms with Gasteiger partial charge in [0.15, 0.2) is 0 Å². The number of hydrogen-bond donors (Lipinski definition) is 1. The Balaban J connectivity index is 3.41. The summed E-state index contributed by atoms with van der Waals surface area (Å²) >= 11 is 0. The van der Waals surface area contributed by atoms with Crippen LogP contribution in [0.15, 0.2) is 0 Å². The Morgan fingerprint density at radius 3 is 2.93 bits per heavy atom. The van der Waals surface area contributed by atoms with Crippen molar-refractivity contribution in [2.24, 2.45) is 5.92 Å². The van der Waals surface area contributed by atoms with E-state index in [-0.39, 0.29) is 11.8 Å². The molecule has 0 rings (SSSR count). The van der Waals surface area contributed by atoms with E-state index in [0.717, 1.165) is 6.42 Å². The van der Waals surface area contributed by atoms with Crippen LogP contribution in [0.3, 0.4) is 0 Å². The van der Waals surface area contributed by atoms with Gasteiger partial charge in [0.2, 0.25) is 5.91 Å². The highest BCUT2D eigenvalue weighted by Crippen LogP contribution is 2.01. The number of methoxy groups -OCH3 is 1. The fourth-order valence-corrected chi connectivity index (χ4v) is 1.15. The minimum Gasteiger partial charge on any atom is -0.384 e. The van der Waals surface area contributed by atoms with Crippen LogP contribution in [0.1, 0.15) is 26.2 Å². The van der Waals surface area contributed by atoms with E-state index < -0.39 is 0 Å². The van der Waals surface area contributed by atoms with E-state index >= 15 is 0 Å². The Morgan fingerprint density at radius 2 is 2.36 bits per heavy atom. The molecule has 0 aliphatic heterocycles. The summed E-state index contributed by atoms with van der Waals surface area (Å²) in [6.07, 6.45) is 7.17. The molecule has 0 aromatic rings. The van der Waals surface area contributed by atoms with Gasteiger partial charge in [0, 0.05) is 33.1 Å². The molecule has 1 amide bonds. The lowest BCUT2D eigenvalue weighted by molar-refractivity contribution is -0.122. The molecule has 0 saturated heterocycles. The van der Waals surface area contributed by atoms with Crippen molar-refractivity contribution in [2.45, 2.75) is 26.2 Å². The highest BCUT2D eigenvalue weighted by molar-refractivity contribution is 5.76. The summed E-state index contributed by atoms with van der Waals surface area (Å²) in [6, 6.07) is 0. The maximum Gasteiger partial charge on any atom is 0.220 e. The van der Waals surface area contributed by atoms with E-state index in [0.29, 0.717) is 26.0 Å². The Labute approximate surface area is 86.2 Å². The Bertz CT molecular complexity index is 196. The van der Waals surface area contributed by atoms with Crippen LogP contribution in [0.5, 0.6) is 0 Å². The number of carbonyl (C=O) groups is 1. The third kappa shape index (κ3) is 7.63. The van der Waals surface area contributed by atoms with Crippen molar-refractivity contribution in [3.05, 3.63) is 0 Å². The first-order valence-electron chi connectivity index (χ1n) is 4.89. The highest BCUT2D eigenvalue weighted by atomic mass is 16.5. The average Bonchev–Trinajstić information content (AvgIpc) is 2.13. The van der Waals surface area contributed by atoms with Crippen LogP contribution in [0.2, 0.25) is 0 Å². The molecule has 0 radical (unpaired) electrons. The minimum absolute atomic E-state index is 0.0755. The molecule has 0 saturated carbocycles. The monoisotopic (exact) mass is 197 g/mol. The Hall–Kier alpha value is -1.01. The lowest BCUT2D eigenvalue weighted by Gasteiger charge is -2.09. The van der Waals surface area contributed by atoms with Gasteiger partial charge >= 0.3 is 0 Å². The molecule has 1 unspecified atom stereocenters. The topological polar surface area (TPSA) is 38.3 Å². The van der Waals surface area contributed by atoms with Crippen LogP contribution in [0, 0.1) is 18.3 Å². The lowest BCUT2D eigenvalue weighted by Crippen LogP contribution is -2.26. The van der Waals surface area contributed by atoms with Crippen molar-refractivity contribution in [3.63, 3.8) is 0 Å². The highest BCUT2D eigenvalue weighted by Gasteiger charge is 2.07. The molecule has 0 fully saturated rings. The molecule has 3 heteroatoms. The van der Waals surface area contributed by atoms with E-state index in [9.17, 15) is 4.79 Å². The Morgan fingerprint density at radius 1 is 1.64 bits per heavy atom. The standard InChI is InChI=1S/C11H19NO2/c1-4-5-6-7-12-11(13)8-10(2)9-14-3/h1,10H,5-9H2,2-3H3,(H,12,13). The quantitative estimate of drug-likeness (QED) is 0.492.